The molecule has 4 aliphatic rings. The van der Waals surface area contributed by atoms with Crippen LogP contribution in [0.3, 0.4) is 0 Å². The predicted molar refractivity (Wildman–Crippen MR) is 109 cm³/mol. The number of carboxylic acids is 1. The van der Waals surface area contributed by atoms with Crippen molar-refractivity contribution in [2.75, 3.05) is 13.7 Å². The number of fused-ring (bicyclic) bond motifs is 1. The average molecular weight is 394 g/mol. The maximum absolute atomic E-state index is 12.6. The normalized spacial score (nSPS) is 43.4. The zero-order valence-corrected chi connectivity index (χ0v) is 17.6. The Morgan fingerprint density at radius 1 is 1.00 bits per heavy atom. The Kier molecular flexibility index (Phi) is 6.60. The van der Waals surface area contributed by atoms with Gasteiger partial charge in [0, 0.05) is 26.1 Å². The molecule has 6 heteroatoms. The molecule has 0 spiro atoms. The fourth-order valence-corrected chi connectivity index (χ4v) is 6.81. The van der Waals surface area contributed by atoms with Gasteiger partial charge in [-0.3, -0.25) is 20.3 Å². The van der Waals surface area contributed by atoms with Crippen LogP contribution in [0, 0.1) is 23.7 Å². The number of likely N-dealkylation sites (tertiary alicyclic amines) is 1. The lowest BCUT2D eigenvalue weighted by Gasteiger charge is -2.55. The lowest BCUT2D eigenvalue weighted by molar-refractivity contribution is -0.164. The molecule has 2 saturated heterocycles. The van der Waals surface area contributed by atoms with Gasteiger partial charge in [0.1, 0.15) is 18.6 Å². The lowest BCUT2D eigenvalue weighted by atomic mass is 9.60. The molecule has 6 nitrogen and oxygen atoms in total. The first kappa shape index (κ1) is 20.6. The number of nitrogens with zero attached hydrogens (tertiary/aromatic N) is 1. The van der Waals surface area contributed by atoms with Crippen LogP contribution in [0.15, 0.2) is 0 Å². The predicted octanol–water partition coefficient (Wildman–Crippen LogP) is 2.99. The summed E-state index contributed by atoms with van der Waals surface area (Å²) in [7, 11) is 1.74. The van der Waals surface area contributed by atoms with Gasteiger partial charge in [-0.15, -0.1) is 0 Å². The number of carbonyl (C=O) groups is 1. The van der Waals surface area contributed by atoms with E-state index >= 15 is 0 Å². The minimum Gasteiger partial charge on any atom is -0.480 e. The summed E-state index contributed by atoms with van der Waals surface area (Å²) >= 11 is 0. The first-order valence-corrected chi connectivity index (χ1v) is 11.6. The largest absolute Gasteiger partial charge is 0.480 e. The number of nitrogens with one attached hydrogen (secondary N) is 2. The van der Waals surface area contributed by atoms with E-state index in [0.717, 1.165) is 13.0 Å². The SMILES string of the molecule is COC1CC(C)NC(N2CC3CCCCC3C(C3CCCCC3)C2C(=O)O)N1. The molecule has 0 radical (unpaired) electrons. The van der Waals surface area contributed by atoms with E-state index < -0.39 is 12.0 Å². The zero-order valence-electron chi connectivity index (χ0n) is 17.6. The van der Waals surface area contributed by atoms with E-state index in [1.54, 1.807) is 7.11 Å². The first-order valence-electron chi connectivity index (χ1n) is 11.6. The van der Waals surface area contributed by atoms with Gasteiger partial charge in [0.25, 0.3) is 0 Å². The summed E-state index contributed by atoms with van der Waals surface area (Å²) in [6.45, 7) is 3.06. The highest BCUT2D eigenvalue weighted by Crippen LogP contribution is 2.49. The van der Waals surface area contributed by atoms with E-state index in [1.807, 2.05) is 0 Å². The van der Waals surface area contributed by atoms with Gasteiger partial charge < -0.3 is 9.84 Å². The van der Waals surface area contributed by atoms with Crippen molar-refractivity contribution in [2.45, 2.75) is 95.7 Å². The van der Waals surface area contributed by atoms with E-state index in [1.165, 1.54) is 57.8 Å². The van der Waals surface area contributed by atoms with Crippen LogP contribution in [-0.2, 0) is 9.53 Å². The number of ether oxygens (including phenoxy) is 1. The van der Waals surface area contributed by atoms with Crippen molar-refractivity contribution in [1.82, 2.24) is 15.5 Å². The molecule has 0 amide bonds. The van der Waals surface area contributed by atoms with Gasteiger partial charge in [-0.05, 0) is 43.4 Å². The molecule has 4 fully saturated rings. The van der Waals surface area contributed by atoms with Crippen LogP contribution in [0.5, 0.6) is 0 Å². The Hall–Kier alpha value is -0.690. The van der Waals surface area contributed by atoms with E-state index in [4.69, 9.17) is 4.74 Å². The molecule has 0 aromatic heterocycles. The molecule has 2 saturated carbocycles. The molecule has 2 heterocycles. The second-order valence-electron chi connectivity index (χ2n) is 9.76. The summed E-state index contributed by atoms with van der Waals surface area (Å²) in [6.07, 6.45) is 12.1. The number of carboxylic acid groups (broad SMARTS) is 1. The number of piperidine rings is 1. The van der Waals surface area contributed by atoms with Gasteiger partial charge in [0.05, 0.1) is 0 Å². The molecule has 28 heavy (non-hydrogen) atoms. The molecular weight excluding hydrogens is 354 g/mol. The van der Waals surface area contributed by atoms with Crippen LogP contribution in [-0.4, -0.2) is 54.2 Å². The van der Waals surface area contributed by atoms with Crippen LogP contribution in [0.25, 0.3) is 0 Å². The van der Waals surface area contributed by atoms with Crippen molar-refractivity contribution in [3.05, 3.63) is 0 Å². The third-order valence-electron chi connectivity index (χ3n) is 8.05. The number of rotatable bonds is 4. The summed E-state index contributed by atoms with van der Waals surface area (Å²) in [5.41, 5.74) is 0. The quantitative estimate of drug-likeness (QED) is 0.682. The molecule has 0 aromatic rings. The topological polar surface area (TPSA) is 73.8 Å². The van der Waals surface area contributed by atoms with Crippen molar-refractivity contribution >= 4 is 5.97 Å². The Balaban J connectivity index is 1.63. The highest BCUT2D eigenvalue weighted by molar-refractivity contribution is 5.74. The minimum absolute atomic E-state index is 0.0205. The third-order valence-corrected chi connectivity index (χ3v) is 8.05. The highest BCUT2D eigenvalue weighted by Gasteiger charge is 2.52. The minimum atomic E-state index is -0.629. The molecule has 3 N–H and O–H groups in total. The lowest BCUT2D eigenvalue weighted by Crippen LogP contribution is -2.72. The number of aliphatic carboxylic acids is 1. The van der Waals surface area contributed by atoms with Crippen molar-refractivity contribution in [1.29, 1.82) is 0 Å². The van der Waals surface area contributed by atoms with Crippen LogP contribution >= 0.6 is 0 Å². The second kappa shape index (κ2) is 8.99. The van der Waals surface area contributed by atoms with Gasteiger partial charge in [0.2, 0.25) is 0 Å². The summed E-state index contributed by atoms with van der Waals surface area (Å²) in [5, 5.41) is 17.6. The van der Waals surface area contributed by atoms with Crippen LogP contribution in [0.1, 0.15) is 71.1 Å². The smallest absolute Gasteiger partial charge is 0.321 e. The van der Waals surface area contributed by atoms with Gasteiger partial charge in [-0.25, -0.2) is 0 Å². The molecular formula is C22H39N3O3. The van der Waals surface area contributed by atoms with Gasteiger partial charge in [-0.1, -0.05) is 44.9 Å². The maximum atomic E-state index is 12.6. The maximum Gasteiger partial charge on any atom is 0.321 e. The van der Waals surface area contributed by atoms with Crippen molar-refractivity contribution in [3.8, 4) is 0 Å². The monoisotopic (exact) mass is 393 g/mol. The van der Waals surface area contributed by atoms with E-state index in [-0.39, 0.29) is 12.5 Å². The molecule has 0 aromatic carbocycles. The first-order chi connectivity index (χ1) is 13.6. The van der Waals surface area contributed by atoms with E-state index in [9.17, 15) is 9.90 Å². The van der Waals surface area contributed by atoms with Gasteiger partial charge in [0.15, 0.2) is 0 Å². The van der Waals surface area contributed by atoms with Gasteiger partial charge in [-0.2, -0.15) is 0 Å². The van der Waals surface area contributed by atoms with Crippen LogP contribution in [0.2, 0.25) is 0 Å². The third kappa shape index (κ3) is 4.11. The van der Waals surface area contributed by atoms with Gasteiger partial charge >= 0.3 is 5.97 Å². The Bertz CT molecular complexity index is 539. The highest BCUT2D eigenvalue weighted by atomic mass is 16.5. The molecule has 0 bridgehead atoms. The molecule has 2 aliphatic heterocycles. The average Bonchev–Trinajstić information content (AvgIpc) is 2.72. The number of methoxy groups -OCH3 is 1. The summed E-state index contributed by atoms with van der Waals surface area (Å²) in [4.78, 5) is 14.9. The Morgan fingerprint density at radius 2 is 1.68 bits per heavy atom. The number of hydrogen-bond donors (Lipinski definition) is 3. The Morgan fingerprint density at radius 3 is 2.39 bits per heavy atom. The van der Waals surface area contributed by atoms with Crippen LogP contribution in [0.4, 0.5) is 0 Å². The van der Waals surface area contributed by atoms with Crippen molar-refractivity contribution in [3.63, 3.8) is 0 Å². The molecule has 4 rings (SSSR count). The zero-order chi connectivity index (χ0) is 19.7. The molecule has 2 aliphatic carbocycles. The standard InChI is InChI=1S/C22H39N3O3/c1-14-12-18(28-2)24-22(23-14)25-13-16-10-6-7-11-17(16)19(20(25)21(26)27)15-8-4-3-5-9-15/h14-20,22-24H,3-13H2,1-2H3,(H,26,27). The molecule has 7 atom stereocenters. The summed E-state index contributed by atoms with van der Waals surface area (Å²) in [6, 6.07) is -0.0851. The van der Waals surface area contributed by atoms with E-state index in [2.05, 4.69) is 22.5 Å². The fraction of sp³-hybridized carbons (Fsp3) is 0.955. The van der Waals surface area contributed by atoms with Crippen molar-refractivity contribution in [2.24, 2.45) is 23.7 Å². The number of hydrogen-bond acceptors (Lipinski definition) is 5. The fourth-order valence-electron chi connectivity index (χ4n) is 6.81. The van der Waals surface area contributed by atoms with Crippen LogP contribution < -0.4 is 10.6 Å². The summed E-state index contributed by atoms with van der Waals surface area (Å²) < 4.78 is 5.60. The molecule has 160 valence electrons. The van der Waals surface area contributed by atoms with Crippen molar-refractivity contribution < 1.29 is 14.6 Å². The Labute approximate surface area is 169 Å². The van der Waals surface area contributed by atoms with E-state index in [0.29, 0.717) is 29.7 Å². The second-order valence-corrected chi connectivity index (χ2v) is 9.76. The molecule has 7 unspecified atom stereocenters. The summed E-state index contributed by atoms with van der Waals surface area (Å²) in [5.74, 6) is 1.46.